The fraction of sp³-hybridized carbons (Fsp3) is 0.136. The first-order chi connectivity index (χ1) is 13.4. The van der Waals surface area contributed by atoms with E-state index in [1.165, 1.54) is 42.2 Å². The van der Waals surface area contributed by atoms with Crippen LogP contribution < -0.4 is 10.6 Å². The Morgan fingerprint density at radius 2 is 1.46 bits per heavy atom. The molecule has 0 fully saturated rings. The molecule has 0 atom stereocenters. The van der Waals surface area contributed by atoms with Gasteiger partial charge in [-0.05, 0) is 47.9 Å². The lowest BCUT2D eigenvalue weighted by Gasteiger charge is -2.09. The maximum absolute atomic E-state index is 13.2. The fourth-order valence-corrected chi connectivity index (χ4v) is 2.61. The Morgan fingerprint density at radius 1 is 0.857 bits per heavy atom. The standard InChI is InChI=1S/C22H20FN3O2/c1-14(2)15-6-8-19(9-7-15)25-21(27)16-10-17(13-24-12-16)22(28)26-20-5-3-4-18(23)11-20/h3-14H,1-2H3,(H,25,27)(H,26,28). The second-order valence-corrected chi connectivity index (χ2v) is 6.66. The summed E-state index contributed by atoms with van der Waals surface area (Å²) in [5.41, 5.74) is 2.61. The van der Waals surface area contributed by atoms with E-state index in [4.69, 9.17) is 0 Å². The molecule has 1 aromatic heterocycles. The third kappa shape index (κ3) is 4.79. The molecule has 2 amide bonds. The lowest BCUT2D eigenvalue weighted by atomic mass is 10.0. The van der Waals surface area contributed by atoms with Crippen LogP contribution in [0.3, 0.4) is 0 Å². The van der Waals surface area contributed by atoms with Crippen molar-refractivity contribution in [3.05, 3.63) is 89.5 Å². The predicted octanol–water partition coefficient (Wildman–Crippen LogP) is 4.85. The number of carbonyl (C=O) groups excluding carboxylic acids is 2. The van der Waals surface area contributed by atoms with Crippen molar-refractivity contribution >= 4 is 23.2 Å². The minimum Gasteiger partial charge on any atom is -0.322 e. The molecule has 142 valence electrons. The van der Waals surface area contributed by atoms with Crippen LogP contribution in [0, 0.1) is 5.82 Å². The zero-order chi connectivity index (χ0) is 20.1. The first-order valence-electron chi connectivity index (χ1n) is 8.85. The normalized spacial score (nSPS) is 10.6. The van der Waals surface area contributed by atoms with Gasteiger partial charge in [-0.15, -0.1) is 0 Å². The molecule has 28 heavy (non-hydrogen) atoms. The number of nitrogens with zero attached hydrogens (tertiary/aromatic N) is 1. The van der Waals surface area contributed by atoms with Gasteiger partial charge in [0.1, 0.15) is 5.82 Å². The number of halogens is 1. The molecule has 0 saturated carbocycles. The van der Waals surface area contributed by atoms with Gasteiger partial charge in [0.25, 0.3) is 11.8 Å². The summed E-state index contributed by atoms with van der Waals surface area (Å²) in [4.78, 5) is 28.8. The zero-order valence-electron chi connectivity index (χ0n) is 15.6. The monoisotopic (exact) mass is 377 g/mol. The summed E-state index contributed by atoms with van der Waals surface area (Å²) in [6.45, 7) is 4.19. The molecule has 0 unspecified atom stereocenters. The van der Waals surface area contributed by atoms with Gasteiger partial charge in [0.2, 0.25) is 0 Å². The minimum absolute atomic E-state index is 0.201. The number of hydrogen-bond donors (Lipinski definition) is 2. The van der Waals surface area contributed by atoms with Gasteiger partial charge in [-0.1, -0.05) is 32.0 Å². The number of carbonyl (C=O) groups is 2. The van der Waals surface area contributed by atoms with E-state index in [-0.39, 0.29) is 17.0 Å². The summed E-state index contributed by atoms with van der Waals surface area (Å²) in [6.07, 6.45) is 2.74. The minimum atomic E-state index is -0.478. The molecular formula is C22H20FN3O2. The molecule has 0 aliphatic rings. The van der Waals surface area contributed by atoms with E-state index in [2.05, 4.69) is 29.5 Å². The summed E-state index contributed by atoms with van der Waals surface area (Å²) in [5.74, 6) is -0.894. The van der Waals surface area contributed by atoms with E-state index in [1.54, 1.807) is 6.07 Å². The van der Waals surface area contributed by atoms with Gasteiger partial charge in [0.05, 0.1) is 11.1 Å². The highest BCUT2D eigenvalue weighted by Gasteiger charge is 2.12. The highest BCUT2D eigenvalue weighted by atomic mass is 19.1. The molecule has 0 aliphatic heterocycles. The Balaban J connectivity index is 1.71. The Bertz CT molecular complexity index is 1000. The van der Waals surface area contributed by atoms with Crippen molar-refractivity contribution < 1.29 is 14.0 Å². The molecule has 2 N–H and O–H groups in total. The first kappa shape index (κ1) is 19.2. The number of pyridine rings is 1. The van der Waals surface area contributed by atoms with Crippen molar-refractivity contribution in [2.24, 2.45) is 0 Å². The van der Waals surface area contributed by atoms with Crippen LogP contribution in [0.15, 0.2) is 67.0 Å². The van der Waals surface area contributed by atoms with Crippen LogP contribution >= 0.6 is 0 Å². The Morgan fingerprint density at radius 3 is 2.04 bits per heavy atom. The number of nitrogens with one attached hydrogen (secondary N) is 2. The van der Waals surface area contributed by atoms with E-state index in [0.29, 0.717) is 17.3 Å². The summed E-state index contributed by atoms with van der Waals surface area (Å²) in [5, 5.41) is 5.37. The number of anilines is 2. The molecule has 0 radical (unpaired) electrons. The molecule has 3 rings (SSSR count). The molecule has 6 heteroatoms. The first-order valence-corrected chi connectivity index (χ1v) is 8.85. The smallest absolute Gasteiger partial charge is 0.257 e. The number of amides is 2. The molecule has 1 heterocycles. The average molecular weight is 377 g/mol. The molecule has 3 aromatic rings. The average Bonchev–Trinajstić information content (AvgIpc) is 2.68. The lowest BCUT2D eigenvalue weighted by Crippen LogP contribution is -2.16. The summed E-state index contributed by atoms with van der Waals surface area (Å²) in [7, 11) is 0. The molecule has 5 nitrogen and oxygen atoms in total. The Labute approximate surface area is 162 Å². The molecule has 0 saturated heterocycles. The summed E-state index contributed by atoms with van der Waals surface area (Å²) >= 11 is 0. The van der Waals surface area contributed by atoms with E-state index in [0.717, 1.165) is 0 Å². The highest BCUT2D eigenvalue weighted by molar-refractivity contribution is 6.08. The van der Waals surface area contributed by atoms with Gasteiger partial charge in [-0.25, -0.2) is 4.39 Å². The van der Waals surface area contributed by atoms with Crippen LogP contribution in [0.4, 0.5) is 15.8 Å². The maximum atomic E-state index is 13.2. The van der Waals surface area contributed by atoms with Gasteiger partial charge in [0.15, 0.2) is 0 Å². The van der Waals surface area contributed by atoms with Crippen molar-refractivity contribution in [2.45, 2.75) is 19.8 Å². The van der Waals surface area contributed by atoms with Crippen LogP contribution in [0.25, 0.3) is 0 Å². The Hall–Kier alpha value is -3.54. The van der Waals surface area contributed by atoms with Gasteiger partial charge >= 0.3 is 0 Å². The number of aromatic nitrogens is 1. The van der Waals surface area contributed by atoms with Crippen LogP contribution in [0.1, 0.15) is 46.0 Å². The van der Waals surface area contributed by atoms with Gasteiger partial charge in [0, 0.05) is 23.8 Å². The molecular weight excluding hydrogens is 357 g/mol. The predicted molar refractivity (Wildman–Crippen MR) is 107 cm³/mol. The zero-order valence-corrected chi connectivity index (χ0v) is 15.6. The largest absolute Gasteiger partial charge is 0.322 e. The number of rotatable bonds is 5. The van der Waals surface area contributed by atoms with Crippen LogP contribution in [-0.2, 0) is 0 Å². The van der Waals surface area contributed by atoms with Crippen molar-refractivity contribution in [2.75, 3.05) is 10.6 Å². The second-order valence-electron chi connectivity index (χ2n) is 6.66. The number of benzene rings is 2. The third-order valence-corrected chi connectivity index (χ3v) is 4.18. The van der Waals surface area contributed by atoms with Crippen LogP contribution in [-0.4, -0.2) is 16.8 Å². The Kier molecular flexibility index (Phi) is 5.79. The molecule has 0 aliphatic carbocycles. The van der Waals surface area contributed by atoms with E-state index in [1.807, 2.05) is 24.3 Å². The van der Waals surface area contributed by atoms with E-state index < -0.39 is 11.7 Å². The van der Waals surface area contributed by atoms with Crippen molar-refractivity contribution in [3.8, 4) is 0 Å². The highest BCUT2D eigenvalue weighted by Crippen LogP contribution is 2.18. The lowest BCUT2D eigenvalue weighted by molar-refractivity contribution is 0.102. The summed E-state index contributed by atoms with van der Waals surface area (Å²) in [6, 6.07) is 14.6. The van der Waals surface area contributed by atoms with Crippen molar-refractivity contribution in [1.82, 2.24) is 4.98 Å². The topological polar surface area (TPSA) is 71.1 Å². The summed E-state index contributed by atoms with van der Waals surface area (Å²) < 4.78 is 13.2. The molecule has 0 spiro atoms. The molecule has 0 bridgehead atoms. The van der Waals surface area contributed by atoms with Crippen molar-refractivity contribution in [3.63, 3.8) is 0 Å². The quantitative estimate of drug-likeness (QED) is 0.668. The third-order valence-electron chi connectivity index (χ3n) is 4.18. The maximum Gasteiger partial charge on any atom is 0.257 e. The van der Waals surface area contributed by atoms with Gasteiger partial charge in [-0.2, -0.15) is 0 Å². The van der Waals surface area contributed by atoms with Gasteiger partial charge in [-0.3, -0.25) is 14.6 Å². The van der Waals surface area contributed by atoms with Gasteiger partial charge < -0.3 is 10.6 Å². The van der Waals surface area contributed by atoms with Crippen LogP contribution in [0.5, 0.6) is 0 Å². The van der Waals surface area contributed by atoms with Crippen LogP contribution in [0.2, 0.25) is 0 Å². The second kappa shape index (κ2) is 8.43. The van der Waals surface area contributed by atoms with Crippen molar-refractivity contribution in [1.29, 1.82) is 0 Å². The van der Waals surface area contributed by atoms with E-state index in [9.17, 15) is 14.0 Å². The molecule has 2 aromatic carbocycles. The van der Waals surface area contributed by atoms with E-state index >= 15 is 0 Å². The number of hydrogen-bond acceptors (Lipinski definition) is 3. The SMILES string of the molecule is CC(C)c1ccc(NC(=O)c2cncc(C(=O)Nc3cccc(F)c3)c2)cc1. The fourth-order valence-electron chi connectivity index (χ4n) is 2.61.